The average Bonchev–Trinajstić information content (AvgIpc) is 2.87. The quantitative estimate of drug-likeness (QED) is 0.760. The van der Waals surface area contributed by atoms with Crippen LogP contribution in [0.15, 0.2) is 22.8 Å². The molecule has 0 aliphatic rings. The number of aliphatic hydroxyl groups is 1. The van der Waals surface area contributed by atoms with Gasteiger partial charge in [-0.3, -0.25) is 9.36 Å². The number of furan rings is 1. The molecule has 8 heteroatoms. The van der Waals surface area contributed by atoms with Crippen molar-refractivity contribution in [2.75, 3.05) is 14.2 Å². The third-order valence-corrected chi connectivity index (χ3v) is 4.45. The van der Waals surface area contributed by atoms with E-state index in [-0.39, 0.29) is 5.76 Å². The predicted molar refractivity (Wildman–Crippen MR) is 62.9 cm³/mol. The smallest absolute Gasteiger partial charge is 0.355 e. The lowest BCUT2D eigenvalue weighted by atomic mass is 10.2. The van der Waals surface area contributed by atoms with Crippen LogP contribution in [-0.4, -0.2) is 31.0 Å². The molecule has 0 aromatic carbocycles. The van der Waals surface area contributed by atoms with Crippen LogP contribution < -0.4 is 5.32 Å². The van der Waals surface area contributed by atoms with Crippen LogP contribution in [0.1, 0.15) is 18.8 Å². The number of carbonyl (C=O) groups excluding carboxylic acids is 1. The van der Waals surface area contributed by atoms with Gasteiger partial charge in [-0.05, 0) is 12.1 Å². The Hall–Kier alpha value is -1.14. The molecule has 1 rings (SSSR count). The SMILES string of the molecule is COP(=O)(OC)[C@H](NC(C)=O)[C@@H](O)c1ccco1. The van der Waals surface area contributed by atoms with Gasteiger partial charge >= 0.3 is 7.60 Å². The highest BCUT2D eigenvalue weighted by molar-refractivity contribution is 7.54. The summed E-state index contributed by atoms with van der Waals surface area (Å²) in [5, 5.41) is 12.4. The van der Waals surface area contributed by atoms with Crippen molar-refractivity contribution in [2.24, 2.45) is 0 Å². The normalized spacial score (nSPS) is 15.1. The number of amides is 1. The van der Waals surface area contributed by atoms with E-state index in [1.165, 1.54) is 33.5 Å². The van der Waals surface area contributed by atoms with Crippen LogP contribution in [0.5, 0.6) is 0 Å². The molecule has 0 fully saturated rings. The summed E-state index contributed by atoms with van der Waals surface area (Å²) in [6.45, 7) is 1.23. The standard InChI is InChI=1S/C10H16NO6P/c1-7(12)11-10(18(14,15-2)16-3)9(13)8-5-4-6-17-8/h4-6,9-10,13H,1-3H3,(H,11,12)/t9-,10-/m0/s1. The fourth-order valence-corrected chi connectivity index (χ4v) is 2.89. The summed E-state index contributed by atoms with van der Waals surface area (Å²) in [7, 11) is -1.34. The van der Waals surface area contributed by atoms with Crippen molar-refractivity contribution in [2.45, 2.75) is 18.8 Å². The van der Waals surface area contributed by atoms with Gasteiger partial charge in [0.05, 0.1) is 6.26 Å². The molecule has 0 spiro atoms. The van der Waals surface area contributed by atoms with Crippen molar-refractivity contribution in [3.05, 3.63) is 24.2 Å². The summed E-state index contributed by atoms with van der Waals surface area (Å²) in [6.07, 6.45) is 0.0168. The van der Waals surface area contributed by atoms with E-state index in [1.807, 2.05) is 0 Å². The Kier molecular flexibility index (Phi) is 5.10. The maximum atomic E-state index is 12.3. The highest BCUT2D eigenvalue weighted by atomic mass is 31.2. The molecule has 0 saturated carbocycles. The van der Waals surface area contributed by atoms with E-state index in [9.17, 15) is 14.5 Å². The third kappa shape index (κ3) is 3.20. The summed E-state index contributed by atoms with van der Waals surface area (Å²) in [6, 6.07) is 3.06. The zero-order valence-corrected chi connectivity index (χ0v) is 11.2. The third-order valence-electron chi connectivity index (χ3n) is 2.33. The molecule has 1 amide bonds. The van der Waals surface area contributed by atoms with Crippen LogP contribution in [0.25, 0.3) is 0 Å². The van der Waals surface area contributed by atoms with Crippen molar-refractivity contribution in [3.63, 3.8) is 0 Å². The highest BCUT2D eigenvalue weighted by Gasteiger charge is 2.42. The molecule has 0 aliphatic heterocycles. The number of hydrogen-bond acceptors (Lipinski definition) is 6. The van der Waals surface area contributed by atoms with Crippen molar-refractivity contribution in [1.82, 2.24) is 5.32 Å². The fraction of sp³-hybridized carbons (Fsp3) is 0.500. The maximum absolute atomic E-state index is 12.3. The van der Waals surface area contributed by atoms with Crippen LogP contribution >= 0.6 is 7.60 Å². The van der Waals surface area contributed by atoms with E-state index in [2.05, 4.69) is 5.32 Å². The van der Waals surface area contributed by atoms with Gasteiger partial charge in [0.1, 0.15) is 11.9 Å². The van der Waals surface area contributed by atoms with Crippen molar-refractivity contribution >= 4 is 13.5 Å². The number of hydrogen-bond donors (Lipinski definition) is 2. The monoisotopic (exact) mass is 277 g/mol. The molecule has 0 saturated heterocycles. The van der Waals surface area contributed by atoms with Gasteiger partial charge in [-0.2, -0.15) is 0 Å². The predicted octanol–water partition coefficient (Wildman–Crippen LogP) is 1.26. The molecule has 0 radical (unpaired) electrons. The van der Waals surface area contributed by atoms with Crippen LogP contribution in [0, 0.1) is 0 Å². The number of carbonyl (C=O) groups is 1. The Morgan fingerprint density at radius 2 is 2.11 bits per heavy atom. The van der Waals surface area contributed by atoms with Gasteiger partial charge in [0.2, 0.25) is 5.91 Å². The lowest BCUT2D eigenvalue weighted by Crippen LogP contribution is -2.38. The first-order chi connectivity index (χ1) is 8.44. The summed E-state index contributed by atoms with van der Waals surface area (Å²) in [5.74, 6) is -1.56. The topological polar surface area (TPSA) is 98.0 Å². The summed E-state index contributed by atoms with van der Waals surface area (Å²) in [4.78, 5) is 11.1. The Balaban J connectivity index is 3.05. The Bertz CT molecular complexity index is 424. The molecule has 1 aromatic rings. The van der Waals surface area contributed by atoms with E-state index < -0.39 is 25.4 Å². The molecule has 0 unspecified atom stereocenters. The van der Waals surface area contributed by atoms with E-state index in [4.69, 9.17) is 13.5 Å². The summed E-state index contributed by atoms with van der Waals surface area (Å²) in [5.41, 5.74) is 0. The van der Waals surface area contributed by atoms with Gasteiger partial charge in [0.15, 0.2) is 5.78 Å². The first kappa shape index (κ1) is 14.9. The van der Waals surface area contributed by atoms with Crippen molar-refractivity contribution in [1.29, 1.82) is 0 Å². The average molecular weight is 277 g/mol. The minimum absolute atomic E-state index is 0.156. The fourth-order valence-electron chi connectivity index (χ4n) is 1.46. The van der Waals surface area contributed by atoms with Gasteiger partial charge in [0, 0.05) is 21.1 Å². The second kappa shape index (κ2) is 6.15. The van der Waals surface area contributed by atoms with E-state index in [0.717, 1.165) is 0 Å². The molecule has 0 aliphatic carbocycles. The highest BCUT2D eigenvalue weighted by Crippen LogP contribution is 2.54. The summed E-state index contributed by atoms with van der Waals surface area (Å²) < 4.78 is 26.8. The molecule has 0 bridgehead atoms. The second-order valence-corrected chi connectivity index (χ2v) is 5.88. The minimum Gasteiger partial charge on any atom is -0.466 e. The van der Waals surface area contributed by atoms with E-state index in [1.54, 1.807) is 6.07 Å². The van der Waals surface area contributed by atoms with Crippen molar-refractivity contribution in [3.8, 4) is 0 Å². The van der Waals surface area contributed by atoms with Gasteiger partial charge in [-0.1, -0.05) is 0 Å². The van der Waals surface area contributed by atoms with Gasteiger partial charge in [-0.15, -0.1) is 0 Å². The lowest BCUT2D eigenvalue weighted by molar-refractivity contribution is -0.120. The zero-order chi connectivity index (χ0) is 13.8. The Morgan fingerprint density at radius 1 is 1.50 bits per heavy atom. The maximum Gasteiger partial charge on any atom is 0.355 e. The zero-order valence-electron chi connectivity index (χ0n) is 10.3. The van der Waals surface area contributed by atoms with E-state index in [0.29, 0.717) is 0 Å². The number of nitrogens with one attached hydrogen (secondary N) is 1. The van der Waals surface area contributed by atoms with Crippen LogP contribution in [0.3, 0.4) is 0 Å². The van der Waals surface area contributed by atoms with Gasteiger partial charge in [0.25, 0.3) is 0 Å². The van der Waals surface area contributed by atoms with Gasteiger partial charge in [-0.25, -0.2) is 0 Å². The van der Waals surface area contributed by atoms with Crippen molar-refractivity contribution < 1.29 is 27.9 Å². The Morgan fingerprint density at radius 3 is 2.50 bits per heavy atom. The molecule has 1 heterocycles. The molecular weight excluding hydrogens is 261 g/mol. The first-order valence-electron chi connectivity index (χ1n) is 5.14. The molecular formula is C10H16NO6P. The van der Waals surface area contributed by atoms with Crippen LogP contribution in [0.4, 0.5) is 0 Å². The van der Waals surface area contributed by atoms with Gasteiger partial charge < -0.3 is 23.9 Å². The molecule has 18 heavy (non-hydrogen) atoms. The Labute approximate surface area is 105 Å². The van der Waals surface area contributed by atoms with Crippen LogP contribution in [-0.2, 0) is 18.4 Å². The molecule has 102 valence electrons. The summed E-state index contributed by atoms with van der Waals surface area (Å²) >= 11 is 0. The second-order valence-electron chi connectivity index (χ2n) is 3.51. The first-order valence-corrected chi connectivity index (χ1v) is 6.75. The molecule has 2 atom stereocenters. The molecule has 1 aromatic heterocycles. The number of aliphatic hydroxyl groups excluding tert-OH is 1. The van der Waals surface area contributed by atoms with E-state index >= 15 is 0 Å². The minimum atomic E-state index is -3.68. The lowest BCUT2D eigenvalue weighted by Gasteiger charge is -2.27. The molecule has 2 N–H and O–H groups in total. The number of rotatable bonds is 6. The van der Waals surface area contributed by atoms with Crippen LogP contribution in [0.2, 0.25) is 0 Å². The molecule has 7 nitrogen and oxygen atoms in total. The largest absolute Gasteiger partial charge is 0.466 e.